The number of ether oxygens (including phenoxy) is 1. The third kappa shape index (κ3) is 4.19. The number of hydrogen-bond acceptors (Lipinski definition) is 7. The lowest BCUT2D eigenvalue weighted by atomic mass is 9.89. The SMILES string of the molecule is COc1cc2nc(-c3ccc(N4CC[C@H](O)C4)nc3)cc(N3CC4CCN(C)CC4C3)c2cc1F. The second-order valence-corrected chi connectivity index (χ2v) is 10.3. The van der Waals surface area contributed by atoms with E-state index in [0.717, 1.165) is 72.8 Å². The molecule has 2 unspecified atom stereocenters. The molecule has 3 aliphatic heterocycles. The van der Waals surface area contributed by atoms with Crippen molar-refractivity contribution in [2.45, 2.75) is 18.9 Å². The molecule has 184 valence electrons. The van der Waals surface area contributed by atoms with Crippen molar-refractivity contribution >= 4 is 22.4 Å². The van der Waals surface area contributed by atoms with Crippen LogP contribution in [0.1, 0.15) is 12.8 Å². The lowest BCUT2D eigenvalue weighted by molar-refractivity contribution is 0.178. The van der Waals surface area contributed by atoms with Crippen LogP contribution in [0.4, 0.5) is 15.9 Å². The largest absolute Gasteiger partial charge is 0.494 e. The number of rotatable bonds is 4. The van der Waals surface area contributed by atoms with E-state index in [0.29, 0.717) is 18.4 Å². The number of methoxy groups -OCH3 is 1. The van der Waals surface area contributed by atoms with Crippen LogP contribution >= 0.6 is 0 Å². The highest BCUT2D eigenvalue weighted by Crippen LogP contribution is 2.39. The van der Waals surface area contributed by atoms with Crippen molar-refractivity contribution in [3.63, 3.8) is 0 Å². The highest BCUT2D eigenvalue weighted by atomic mass is 19.1. The van der Waals surface area contributed by atoms with Gasteiger partial charge >= 0.3 is 0 Å². The number of fused-ring (bicyclic) bond motifs is 2. The second-order valence-electron chi connectivity index (χ2n) is 10.3. The molecule has 3 atom stereocenters. The summed E-state index contributed by atoms with van der Waals surface area (Å²) in [4.78, 5) is 16.5. The van der Waals surface area contributed by atoms with Crippen LogP contribution in [0, 0.1) is 17.7 Å². The highest BCUT2D eigenvalue weighted by Gasteiger charge is 2.37. The summed E-state index contributed by atoms with van der Waals surface area (Å²) in [6.45, 7) is 5.62. The Hall–Kier alpha value is -2.97. The van der Waals surface area contributed by atoms with Crippen molar-refractivity contribution in [3.05, 3.63) is 42.3 Å². The Morgan fingerprint density at radius 1 is 1.00 bits per heavy atom. The molecule has 0 saturated carbocycles. The molecule has 0 amide bonds. The summed E-state index contributed by atoms with van der Waals surface area (Å²) in [5.41, 5.74) is 3.47. The monoisotopic (exact) mass is 477 g/mol. The van der Waals surface area contributed by atoms with Gasteiger partial charge in [0, 0.05) is 61.6 Å². The normalized spacial score (nSPS) is 24.9. The zero-order valence-corrected chi connectivity index (χ0v) is 20.3. The number of β-amino-alcohol motifs (C(OH)–C–C–N with tert-alkyl or cyclic N) is 1. The number of piperidine rings is 1. The molecule has 3 saturated heterocycles. The van der Waals surface area contributed by atoms with Gasteiger partial charge in [-0.3, -0.25) is 0 Å². The molecule has 2 aromatic heterocycles. The minimum absolute atomic E-state index is 0.200. The molecule has 5 heterocycles. The quantitative estimate of drug-likeness (QED) is 0.618. The maximum Gasteiger partial charge on any atom is 0.165 e. The summed E-state index contributed by atoms with van der Waals surface area (Å²) in [7, 11) is 3.68. The molecule has 3 aliphatic rings. The number of benzene rings is 1. The maximum absolute atomic E-state index is 14.8. The van der Waals surface area contributed by atoms with E-state index in [1.165, 1.54) is 13.5 Å². The van der Waals surface area contributed by atoms with Crippen molar-refractivity contribution in [2.75, 3.05) is 63.2 Å². The molecular formula is C27H32FN5O2. The third-order valence-electron chi connectivity index (χ3n) is 7.94. The lowest BCUT2D eigenvalue weighted by Crippen LogP contribution is -2.37. The van der Waals surface area contributed by atoms with Gasteiger partial charge in [0.15, 0.2) is 11.6 Å². The number of aromatic nitrogens is 2. The summed E-state index contributed by atoms with van der Waals surface area (Å²) in [5, 5.41) is 10.7. The number of likely N-dealkylation sites (tertiary alicyclic amines) is 1. The first kappa shape index (κ1) is 22.5. The fourth-order valence-corrected chi connectivity index (χ4v) is 6.00. The van der Waals surface area contributed by atoms with E-state index in [-0.39, 0.29) is 17.7 Å². The molecule has 7 nitrogen and oxygen atoms in total. The molecule has 0 bridgehead atoms. The smallest absolute Gasteiger partial charge is 0.165 e. The van der Waals surface area contributed by atoms with Crippen molar-refractivity contribution in [2.24, 2.45) is 11.8 Å². The first-order valence-corrected chi connectivity index (χ1v) is 12.5. The van der Waals surface area contributed by atoms with Crippen LogP contribution in [-0.2, 0) is 0 Å². The molecule has 0 spiro atoms. The fourth-order valence-electron chi connectivity index (χ4n) is 6.00. The topological polar surface area (TPSA) is 65.0 Å². The summed E-state index contributed by atoms with van der Waals surface area (Å²) in [5.74, 6) is 1.98. The number of pyridine rings is 2. The van der Waals surface area contributed by atoms with Crippen LogP contribution in [0.2, 0.25) is 0 Å². The van der Waals surface area contributed by atoms with E-state index in [9.17, 15) is 9.50 Å². The number of nitrogens with zero attached hydrogens (tertiary/aromatic N) is 5. The first-order valence-electron chi connectivity index (χ1n) is 12.5. The summed E-state index contributed by atoms with van der Waals surface area (Å²) >= 11 is 0. The number of aliphatic hydroxyl groups is 1. The lowest BCUT2D eigenvalue weighted by Gasteiger charge is -2.31. The average Bonchev–Trinajstić information content (AvgIpc) is 3.49. The van der Waals surface area contributed by atoms with Gasteiger partial charge in [-0.2, -0.15) is 0 Å². The highest BCUT2D eigenvalue weighted by molar-refractivity contribution is 5.95. The predicted molar refractivity (Wildman–Crippen MR) is 136 cm³/mol. The van der Waals surface area contributed by atoms with Crippen LogP contribution in [-0.4, -0.2) is 79.5 Å². The Kier molecular flexibility index (Phi) is 5.73. The molecule has 35 heavy (non-hydrogen) atoms. The Morgan fingerprint density at radius 3 is 2.60 bits per heavy atom. The Balaban J connectivity index is 1.39. The van der Waals surface area contributed by atoms with Gasteiger partial charge in [0.2, 0.25) is 0 Å². The third-order valence-corrected chi connectivity index (χ3v) is 7.94. The zero-order chi connectivity index (χ0) is 24.1. The van der Waals surface area contributed by atoms with Crippen molar-refractivity contribution in [3.8, 4) is 17.0 Å². The molecule has 1 aromatic carbocycles. The van der Waals surface area contributed by atoms with Gasteiger partial charge in [0.05, 0.1) is 24.4 Å². The number of hydrogen-bond donors (Lipinski definition) is 1. The average molecular weight is 478 g/mol. The minimum atomic E-state index is -0.369. The molecule has 8 heteroatoms. The first-order chi connectivity index (χ1) is 17.0. The zero-order valence-electron chi connectivity index (χ0n) is 20.3. The van der Waals surface area contributed by atoms with Crippen molar-refractivity contribution in [1.82, 2.24) is 14.9 Å². The van der Waals surface area contributed by atoms with Crippen molar-refractivity contribution in [1.29, 1.82) is 0 Å². The fraction of sp³-hybridized carbons (Fsp3) is 0.481. The molecular weight excluding hydrogens is 445 g/mol. The van der Waals surface area contributed by atoms with Crippen LogP contribution in [0.25, 0.3) is 22.2 Å². The predicted octanol–water partition coefficient (Wildman–Crippen LogP) is 3.40. The van der Waals surface area contributed by atoms with Crippen LogP contribution in [0.15, 0.2) is 36.5 Å². The molecule has 3 aromatic rings. The van der Waals surface area contributed by atoms with E-state index < -0.39 is 0 Å². The maximum atomic E-state index is 14.8. The molecule has 1 N–H and O–H groups in total. The molecule has 0 aliphatic carbocycles. The van der Waals surface area contributed by atoms with Gasteiger partial charge in [0.25, 0.3) is 0 Å². The second kappa shape index (κ2) is 8.91. The van der Waals surface area contributed by atoms with E-state index in [4.69, 9.17) is 9.72 Å². The van der Waals surface area contributed by atoms with E-state index in [1.54, 1.807) is 12.1 Å². The minimum Gasteiger partial charge on any atom is -0.494 e. The summed E-state index contributed by atoms with van der Waals surface area (Å²) in [6, 6.07) is 9.37. The Morgan fingerprint density at radius 2 is 1.86 bits per heavy atom. The van der Waals surface area contributed by atoms with Gasteiger partial charge in [-0.25, -0.2) is 14.4 Å². The van der Waals surface area contributed by atoms with E-state index in [1.807, 2.05) is 18.3 Å². The molecule has 6 rings (SSSR count). The summed E-state index contributed by atoms with van der Waals surface area (Å²) < 4.78 is 20.0. The summed E-state index contributed by atoms with van der Waals surface area (Å²) in [6.07, 6.45) is 3.52. The van der Waals surface area contributed by atoms with Gasteiger partial charge in [0.1, 0.15) is 5.82 Å². The van der Waals surface area contributed by atoms with Gasteiger partial charge in [-0.15, -0.1) is 0 Å². The number of halogens is 1. The van der Waals surface area contributed by atoms with Gasteiger partial charge < -0.3 is 24.5 Å². The van der Waals surface area contributed by atoms with E-state index >= 15 is 0 Å². The van der Waals surface area contributed by atoms with Gasteiger partial charge in [-0.1, -0.05) is 0 Å². The van der Waals surface area contributed by atoms with Crippen LogP contribution in [0.3, 0.4) is 0 Å². The van der Waals surface area contributed by atoms with Gasteiger partial charge in [-0.05, 0) is 62.5 Å². The molecule has 3 fully saturated rings. The Bertz CT molecular complexity index is 1240. The number of aliphatic hydroxyl groups excluding tert-OH is 1. The van der Waals surface area contributed by atoms with E-state index in [2.05, 4.69) is 32.8 Å². The van der Waals surface area contributed by atoms with Crippen molar-refractivity contribution < 1.29 is 14.2 Å². The van der Waals surface area contributed by atoms with Crippen LogP contribution < -0.4 is 14.5 Å². The standard InChI is InChI=1S/C27H32FN5O2/c1-31-7-5-18-14-33(15-19(18)13-31)25-10-23(30-24-11-26(35-2)22(28)9-21(24)25)17-3-4-27(29-12-17)32-8-6-20(34)16-32/h3-4,9-12,18-20,34H,5-8,13-16H2,1-2H3/t18?,19?,20-/m0/s1. The number of anilines is 2. The van der Waals surface area contributed by atoms with Crippen LogP contribution in [0.5, 0.6) is 5.75 Å². The molecule has 0 radical (unpaired) electrons. The Labute approximate surface area is 205 Å².